The van der Waals surface area contributed by atoms with Gasteiger partial charge < -0.3 is 15.4 Å². The van der Waals surface area contributed by atoms with Gasteiger partial charge in [-0.2, -0.15) is 0 Å². The molecule has 0 aromatic carbocycles. The van der Waals surface area contributed by atoms with Crippen molar-refractivity contribution in [1.29, 1.82) is 0 Å². The quantitative estimate of drug-likeness (QED) is 0.675. The van der Waals surface area contributed by atoms with Gasteiger partial charge >= 0.3 is 12.0 Å². The molecule has 1 fully saturated rings. The molecule has 0 heterocycles. The monoisotopic (exact) mass is 214 g/mol. The van der Waals surface area contributed by atoms with Crippen molar-refractivity contribution >= 4 is 12.0 Å². The Hall–Kier alpha value is -1.26. The molecule has 5 nitrogen and oxygen atoms in total. The smallest absolute Gasteiger partial charge is 0.328 e. The minimum atomic E-state index is -0.575. The number of rotatable bonds is 4. The Labute approximate surface area is 89.6 Å². The summed E-state index contributed by atoms with van der Waals surface area (Å²) in [6.07, 6.45) is 2.05. The number of urea groups is 1. The van der Waals surface area contributed by atoms with Crippen LogP contribution >= 0.6 is 0 Å². The van der Waals surface area contributed by atoms with E-state index in [0.717, 1.165) is 12.8 Å². The largest absolute Gasteiger partial charge is 0.467 e. The molecule has 15 heavy (non-hydrogen) atoms. The van der Waals surface area contributed by atoms with E-state index in [1.165, 1.54) is 7.11 Å². The van der Waals surface area contributed by atoms with Crippen molar-refractivity contribution in [3.05, 3.63) is 0 Å². The highest BCUT2D eigenvalue weighted by Gasteiger charge is 2.28. The first kappa shape index (κ1) is 11.8. The van der Waals surface area contributed by atoms with Crippen LogP contribution in [0.15, 0.2) is 0 Å². The van der Waals surface area contributed by atoms with Crippen molar-refractivity contribution in [3.8, 4) is 0 Å². The Morgan fingerprint density at radius 3 is 2.33 bits per heavy atom. The summed E-state index contributed by atoms with van der Waals surface area (Å²) in [4.78, 5) is 22.7. The number of hydrogen-bond donors (Lipinski definition) is 2. The predicted molar refractivity (Wildman–Crippen MR) is 55.3 cm³/mol. The summed E-state index contributed by atoms with van der Waals surface area (Å²) in [5, 5.41) is 5.37. The van der Waals surface area contributed by atoms with Gasteiger partial charge in [0, 0.05) is 6.04 Å². The molecule has 2 N–H and O–H groups in total. The number of ether oxygens (including phenoxy) is 1. The molecular weight excluding hydrogens is 196 g/mol. The lowest BCUT2D eigenvalue weighted by molar-refractivity contribution is -0.143. The summed E-state index contributed by atoms with van der Waals surface area (Å²) in [5.74, 6) is -0.390. The standard InChI is InChI=1S/C10H18N2O3/c1-6(2)8(9(13)15-3)12-10(14)11-7-4-5-7/h6-8H,4-5H2,1-3H3,(H2,11,12,14). The number of nitrogens with one attached hydrogen (secondary N) is 2. The van der Waals surface area contributed by atoms with E-state index in [1.807, 2.05) is 13.8 Å². The third-order valence-corrected chi connectivity index (χ3v) is 2.32. The van der Waals surface area contributed by atoms with Gasteiger partial charge in [0.1, 0.15) is 6.04 Å². The molecule has 0 aromatic heterocycles. The maximum Gasteiger partial charge on any atom is 0.328 e. The molecule has 1 saturated carbocycles. The van der Waals surface area contributed by atoms with Crippen LogP contribution in [0.1, 0.15) is 26.7 Å². The van der Waals surface area contributed by atoms with E-state index < -0.39 is 12.0 Å². The van der Waals surface area contributed by atoms with E-state index in [2.05, 4.69) is 15.4 Å². The average molecular weight is 214 g/mol. The summed E-state index contributed by atoms with van der Waals surface area (Å²) in [6.45, 7) is 3.72. The van der Waals surface area contributed by atoms with Crippen LogP contribution in [0.5, 0.6) is 0 Å². The van der Waals surface area contributed by atoms with Gasteiger partial charge in [-0.25, -0.2) is 9.59 Å². The molecule has 1 rings (SSSR count). The van der Waals surface area contributed by atoms with Crippen molar-refractivity contribution in [3.63, 3.8) is 0 Å². The molecule has 1 unspecified atom stereocenters. The van der Waals surface area contributed by atoms with Crippen molar-refractivity contribution in [2.75, 3.05) is 7.11 Å². The van der Waals surface area contributed by atoms with Gasteiger partial charge in [0.15, 0.2) is 0 Å². The number of carbonyl (C=O) groups is 2. The van der Waals surface area contributed by atoms with Crippen molar-refractivity contribution in [1.82, 2.24) is 10.6 Å². The fourth-order valence-corrected chi connectivity index (χ4v) is 1.22. The van der Waals surface area contributed by atoms with Gasteiger partial charge in [-0.1, -0.05) is 13.8 Å². The minimum Gasteiger partial charge on any atom is -0.467 e. The molecule has 5 heteroatoms. The van der Waals surface area contributed by atoms with Crippen molar-refractivity contribution in [2.24, 2.45) is 5.92 Å². The molecular formula is C10H18N2O3. The first-order valence-electron chi connectivity index (χ1n) is 5.19. The fourth-order valence-electron chi connectivity index (χ4n) is 1.22. The lowest BCUT2D eigenvalue weighted by Gasteiger charge is -2.19. The molecule has 1 atom stereocenters. The zero-order valence-corrected chi connectivity index (χ0v) is 9.37. The molecule has 0 bridgehead atoms. The average Bonchev–Trinajstić information content (AvgIpc) is 2.96. The van der Waals surface area contributed by atoms with E-state index >= 15 is 0 Å². The lowest BCUT2D eigenvalue weighted by Crippen LogP contribution is -2.49. The van der Waals surface area contributed by atoms with Gasteiger partial charge in [0.05, 0.1) is 7.11 Å². The Kier molecular flexibility index (Phi) is 3.94. The third-order valence-electron chi connectivity index (χ3n) is 2.32. The second-order valence-electron chi connectivity index (χ2n) is 4.14. The van der Waals surface area contributed by atoms with Crippen LogP contribution < -0.4 is 10.6 Å². The molecule has 1 aliphatic carbocycles. The SMILES string of the molecule is COC(=O)C(NC(=O)NC1CC1)C(C)C. The summed E-state index contributed by atoms with van der Waals surface area (Å²) >= 11 is 0. The van der Waals surface area contributed by atoms with Crippen LogP contribution in [0.2, 0.25) is 0 Å². The Bertz CT molecular complexity index is 249. The minimum absolute atomic E-state index is 0.0161. The summed E-state index contributed by atoms with van der Waals surface area (Å²) < 4.78 is 4.61. The fraction of sp³-hybridized carbons (Fsp3) is 0.800. The molecule has 0 aliphatic heterocycles. The zero-order chi connectivity index (χ0) is 11.4. The van der Waals surface area contributed by atoms with E-state index in [9.17, 15) is 9.59 Å². The number of methoxy groups -OCH3 is 1. The van der Waals surface area contributed by atoms with Gasteiger partial charge in [0.2, 0.25) is 0 Å². The van der Waals surface area contributed by atoms with Crippen molar-refractivity contribution < 1.29 is 14.3 Å². The maximum atomic E-state index is 11.4. The number of carbonyl (C=O) groups excluding carboxylic acids is 2. The number of amides is 2. The van der Waals surface area contributed by atoms with E-state index in [1.54, 1.807) is 0 Å². The highest BCUT2D eigenvalue weighted by molar-refractivity contribution is 5.83. The molecule has 1 aliphatic rings. The second-order valence-corrected chi connectivity index (χ2v) is 4.14. The Balaban J connectivity index is 2.41. The van der Waals surface area contributed by atoms with Crippen LogP contribution in [0, 0.1) is 5.92 Å². The van der Waals surface area contributed by atoms with Crippen LogP contribution in [-0.2, 0) is 9.53 Å². The summed E-state index contributed by atoms with van der Waals surface area (Å²) in [5.41, 5.74) is 0. The first-order chi connectivity index (χ1) is 7.04. The van der Waals surface area contributed by atoms with Gasteiger partial charge in [-0.3, -0.25) is 0 Å². The van der Waals surface area contributed by atoms with E-state index in [4.69, 9.17) is 0 Å². The normalized spacial score (nSPS) is 17.1. The molecule has 2 amide bonds. The topological polar surface area (TPSA) is 67.4 Å². The van der Waals surface area contributed by atoms with Crippen LogP contribution in [0.4, 0.5) is 4.79 Å². The zero-order valence-electron chi connectivity index (χ0n) is 9.37. The van der Waals surface area contributed by atoms with Crippen LogP contribution in [-0.4, -0.2) is 31.2 Å². The van der Waals surface area contributed by atoms with E-state index in [-0.39, 0.29) is 18.0 Å². The van der Waals surface area contributed by atoms with Crippen LogP contribution in [0.25, 0.3) is 0 Å². The van der Waals surface area contributed by atoms with E-state index in [0.29, 0.717) is 0 Å². The number of hydrogen-bond acceptors (Lipinski definition) is 3. The molecule has 86 valence electrons. The summed E-state index contributed by atoms with van der Waals surface area (Å²) in [6, 6.07) is -0.578. The molecule has 0 aromatic rings. The lowest BCUT2D eigenvalue weighted by atomic mass is 10.1. The predicted octanol–water partition coefficient (Wildman–Crippen LogP) is 0.646. The molecule has 0 radical (unpaired) electrons. The van der Waals surface area contributed by atoms with Crippen molar-refractivity contribution in [2.45, 2.75) is 38.8 Å². The van der Waals surface area contributed by atoms with Gasteiger partial charge in [-0.05, 0) is 18.8 Å². The number of esters is 1. The first-order valence-corrected chi connectivity index (χ1v) is 5.19. The highest BCUT2D eigenvalue weighted by Crippen LogP contribution is 2.18. The molecule has 0 spiro atoms. The third kappa shape index (κ3) is 3.77. The Morgan fingerprint density at radius 2 is 1.93 bits per heavy atom. The van der Waals surface area contributed by atoms with Gasteiger partial charge in [0.25, 0.3) is 0 Å². The second kappa shape index (κ2) is 5.00. The van der Waals surface area contributed by atoms with Gasteiger partial charge in [-0.15, -0.1) is 0 Å². The Morgan fingerprint density at radius 1 is 1.33 bits per heavy atom. The van der Waals surface area contributed by atoms with Crippen LogP contribution in [0.3, 0.4) is 0 Å². The summed E-state index contributed by atoms with van der Waals surface area (Å²) in [7, 11) is 1.32. The molecule has 0 saturated heterocycles. The maximum absolute atomic E-state index is 11.4. The highest BCUT2D eigenvalue weighted by atomic mass is 16.5.